The third kappa shape index (κ3) is 9.02. The fraction of sp³-hybridized carbons (Fsp3) is 0.905. The molecule has 0 aromatic rings. The average molecular weight is 370 g/mol. The number of hydrogen-bond acceptors (Lipinski definition) is 3. The minimum absolute atomic E-state index is 0.0178. The van der Waals surface area contributed by atoms with Crippen LogP contribution >= 0.6 is 0 Å². The number of hydrogen-bond donors (Lipinski definition) is 3. The first-order chi connectivity index (χ1) is 12.0. The lowest BCUT2D eigenvalue weighted by atomic mass is 9.69. The highest BCUT2D eigenvalue weighted by Gasteiger charge is 2.42. The summed E-state index contributed by atoms with van der Waals surface area (Å²) in [6, 6.07) is 0. The van der Waals surface area contributed by atoms with E-state index in [1.807, 2.05) is 0 Å². The molecule has 1 rings (SSSR count). The molecule has 1 saturated heterocycles. The van der Waals surface area contributed by atoms with Crippen LogP contribution in [0.2, 0.25) is 0 Å². The van der Waals surface area contributed by atoms with Gasteiger partial charge in [0.15, 0.2) is 0 Å². The van der Waals surface area contributed by atoms with Crippen molar-refractivity contribution in [2.45, 2.75) is 109 Å². The first-order valence-corrected chi connectivity index (χ1v) is 10.3. The van der Waals surface area contributed by atoms with E-state index in [-0.39, 0.29) is 29.3 Å². The van der Waals surface area contributed by atoms with Crippen molar-refractivity contribution < 1.29 is 19.8 Å². The van der Waals surface area contributed by atoms with Crippen molar-refractivity contribution in [1.82, 2.24) is 5.32 Å². The number of carboxylic acids is 2. The average Bonchev–Trinajstić information content (AvgIpc) is 2.45. The van der Waals surface area contributed by atoms with Crippen molar-refractivity contribution in [2.24, 2.45) is 11.8 Å². The predicted molar refractivity (Wildman–Crippen MR) is 104 cm³/mol. The summed E-state index contributed by atoms with van der Waals surface area (Å²) >= 11 is 0. The van der Waals surface area contributed by atoms with Crippen molar-refractivity contribution in [1.29, 1.82) is 0 Å². The van der Waals surface area contributed by atoms with E-state index in [0.717, 1.165) is 64.2 Å². The Labute approximate surface area is 158 Å². The molecule has 1 fully saturated rings. The van der Waals surface area contributed by atoms with Crippen LogP contribution in [0.4, 0.5) is 0 Å². The molecule has 3 N–H and O–H groups in total. The van der Waals surface area contributed by atoms with Crippen LogP contribution in [0.25, 0.3) is 0 Å². The molecule has 5 heteroatoms. The zero-order valence-corrected chi connectivity index (χ0v) is 17.1. The van der Waals surface area contributed by atoms with Gasteiger partial charge in [-0.25, -0.2) is 0 Å². The monoisotopic (exact) mass is 369 g/mol. The van der Waals surface area contributed by atoms with Crippen molar-refractivity contribution in [3.8, 4) is 0 Å². The molecule has 0 amide bonds. The van der Waals surface area contributed by atoms with Crippen molar-refractivity contribution in [3.05, 3.63) is 0 Å². The van der Waals surface area contributed by atoms with Crippen LogP contribution in [0, 0.1) is 11.8 Å². The van der Waals surface area contributed by atoms with Crippen LogP contribution in [0.15, 0.2) is 0 Å². The van der Waals surface area contributed by atoms with E-state index in [1.165, 1.54) is 0 Å². The Morgan fingerprint density at radius 1 is 0.885 bits per heavy atom. The van der Waals surface area contributed by atoms with Gasteiger partial charge in [-0.15, -0.1) is 0 Å². The molecule has 1 heterocycles. The predicted octanol–water partition coefficient (Wildman–Crippen LogP) is 4.84. The molecule has 1 unspecified atom stereocenters. The third-order valence-electron chi connectivity index (χ3n) is 5.51. The van der Waals surface area contributed by atoms with Crippen LogP contribution in [-0.4, -0.2) is 33.2 Å². The lowest BCUT2D eigenvalue weighted by Gasteiger charge is -2.48. The Bertz CT molecular complexity index is 443. The third-order valence-corrected chi connectivity index (χ3v) is 5.51. The molecule has 0 spiro atoms. The van der Waals surface area contributed by atoms with Gasteiger partial charge in [0.2, 0.25) is 0 Å². The number of rotatable bonds is 12. The first-order valence-electron chi connectivity index (χ1n) is 10.3. The Balaban J connectivity index is 2.31. The first kappa shape index (κ1) is 22.9. The second-order valence-electron chi connectivity index (χ2n) is 9.41. The van der Waals surface area contributed by atoms with Gasteiger partial charge in [-0.1, -0.05) is 38.5 Å². The van der Waals surface area contributed by atoms with Gasteiger partial charge in [-0.3, -0.25) is 9.59 Å². The summed E-state index contributed by atoms with van der Waals surface area (Å²) in [5, 5.41) is 22.0. The van der Waals surface area contributed by atoms with Gasteiger partial charge in [-0.2, -0.15) is 0 Å². The van der Waals surface area contributed by atoms with Gasteiger partial charge >= 0.3 is 11.9 Å². The van der Waals surface area contributed by atoms with E-state index in [2.05, 4.69) is 33.0 Å². The summed E-state index contributed by atoms with van der Waals surface area (Å²) in [5.74, 6) is -1.37. The summed E-state index contributed by atoms with van der Waals surface area (Å²) < 4.78 is 0. The van der Waals surface area contributed by atoms with Gasteiger partial charge in [0.05, 0.1) is 5.92 Å². The molecule has 26 heavy (non-hydrogen) atoms. The molecule has 0 aromatic heterocycles. The molecule has 1 aliphatic rings. The second-order valence-corrected chi connectivity index (χ2v) is 9.41. The van der Waals surface area contributed by atoms with Crippen molar-refractivity contribution in [2.75, 3.05) is 0 Å². The van der Waals surface area contributed by atoms with Crippen LogP contribution in [0.3, 0.4) is 0 Å². The highest BCUT2D eigenvalue weighted by Crippen LogP contribution is 2.38. The molecule has 0 aromatic carbocycles. The SMILES string of the molecule is CC1(C)CC(C(CCCCCCCCCC(=O)O)C(=O)O)CC(C)(C)N1. The van der Waals surface area contributed by atoms with Gasteiger partial charge in [-0.05, 0) is 59.3 Å². The molecule has 0 bridgehead atoms. The number of nitrogens with one attached hydrogen (secondary N) is 1. The zero-order valence-electron chi connectivity index (χ0n) is 17.1. The summed E-state index contributed by atoms with van der Waals surface area (Å²) in [4.78, 5) is 22.3. The molecule has 0 aliphatic carbocycles. The van der Waals surface area contributed by atoms with Crippen LogP contribution < -0.4 is 5.32 Å². The van der Waals surface area contributed by atoms with Gasteiger partial charge in [0.25, 0.3) is 0 Å². The number of carboxylic acid groups (broad SMARTS) is 2. The largest absolute Gasteiger partial charge is 0.481 e. The van der Waals surface area contributed by atoms with E-state index in [9.17, 15) is 14.7 Å². The minimum Gasteiger partial charge on any atom is -0.481 e. The Morgan fingerprint density at radius 3 is 1.81 bits per heavy atom. The van der Waals surface area contributed by atoms with E-state index < -0.39 is 11.9 Å². The van der Waals surface area contributed by atoms with Gasteiger partial charge in [0, 0.05) is 17.5 Å². The summed E-state index contributed by atoms with van der Waals surface area (Å²) in [7, 11) is 0. The highest BCUT2D eigenvalue weighted by atomic mass is 16.4. The molecule has 1 atom stereocenters. The molecule has 152 valence electrons. The minimum atomic E-state index is -0.714. The Hall–Kier alpha value is -1.10. The van der Waals surface area contributed by atoms with Crippen LogP contribution in [-0.2, 0) is 9.59 Å². The van der Waals surface area contributed by atoms with E-state index in [0.29, 0.717) is 0 Å². The number of carbonyl (C=O) groups is 2. The lowest BCUT2D eigenvalue weighted by molar-refractivity contribution is -0.145. The quantitative estimate of drug-likeness (QED) is 0.429. The van der Waals surface area contributed by atoms with Crippen LogP contribution in [0.5, 0.6) is 0 Å². The van der Waals surface area contributed by atoms with E-state index in [1.54, 1.807) is 0 Å². The zero-order chi connectivity index (χ0) is 19.8. The summed E-state index contributed by atoms with van der Waals surface area (Å²) in [5.41, 5.74) is -0.0356. The fourth-order valence-corrected chi connectivity index (χ4v) is 4.77. The molecule has 0 saturated carbocycles. The molecular weight excluding hydrogens is 330 g/mol. The van der Waals surface area contributed by atoms with E-state index >= 15 is 0 Å². The van der Waals surface area contributed by atoms with Crippen molar-refractivity contribution in [3.63, 3.8) is 0 Å². The van der Waals surface area contributed by atoms with Gasteiger partial charge < -0.3 is 15.5 Å². The molecular formula is C21H39NO4. The number of unbranched alkanes of at least 4 members (excludes halogenated alkanes) is 6. The standard InChI is InChI=1S/C21H39NO4/c1-20(2)14-16(15-21(3,4)22-20)17(19(25)26)12-10-8-6-5-7-9-11-13-18(23)24/h16-17,22H,5-15H2,1-4H3,(H,23,24)(H,25,26). The maximum absolute atomic E-state index is 11.8. The maximum Gasteiger partial charge on any atom is 0.306 e. The number of aliphatic carboxylic acids is 2. The summed E-state index contributed by atoms with van der Waals surface area (Å²) in [6.07, 6.45) is 9.94. The maximum atomic E-state index is 11.8. The van der Waals surface area contributed by atoms with E-state index in [4.69, 9.17) is 5.11 Å². The Morgan fingerprint density at radius 2 is 1.35 bits per heavy atom. The Kier molecular flexibility index (Phi) is 9.08. The second kappa shape index (κ2) is 10.3. The molecule has 1 aliphatic heterocycles. The molecule has 0 radical (unpaired) electrons. The molecule has 5 nitrogen and oxygen atoms in total. The van der Waals surface area contributed by atoms with Crippen LogP contribution in [0.1, 0.15) is 98.3 Å². The van der Waals surface area contributed by atoms with Gasteiger partial charge in [0.1, 0.15) is 0 Å². The topological polar surface area (TPSA) is 86.6 Å². The fourth-order valence-electron chi connectivity index (χ4n) is 4.77. The smallest absolute Gasteiger partial charge is 0.306 e. The normalized spacial score (nSPS) is 20.6. The van der Waals surface area contributed by atoms with Crippen molar-refractivity contribution >= 4 is 11.9 Å². The summed E-state index contributed by atoms with van der Waals surface area (Å²) in [6.45, 7) is 8.68. The lowest BCUT2D eigenvalue weighted by Crippen LogP contribution is -2.59. The number of piperidine rings is 1. The highest BCUT2D eigenvalue weighted by molar-refractivity contribution is 5.70.